The second kappa shape index (κ2) is 6.38. The third-order valence-electron chi connectivity index (χ3n) is 2.29. The Balaban J connectivity index is 2.21. The third kappa shape index (κ3) is 4.53. The van der Waals surface area contributed by atoms with E-state index in [9.17, 15) is 4.79 Å². The Labute approximate surface area is 100.0 Å². The highest BCUT2D eigenvalue weighted by atomic mass is 35.5. The maximum absolute atomic E-state index is 10.5. The summed E-state index contributed by atoms with van der Waals surface area (Å²) in [5.74, 6) is -0.312. The summed E-state index contributed by atoms with van der Waals surface area (Å²) >= 11 is 5.73. The first-order valence-electron chi connectivity index (χ1n) is 5.21. The molecule has 1 atom stereocenters. The molecule has 1 aromatic rings. The maximum atomic E-state index is 10.5. The van der Waals surface area contributed by atoms with Crippen molar-refractivity contribution < 1.29 is 14.6 Å². The van der Waals surface area contributed by atoms with Crippen molar-refractivity contribution in [1.82, 2.24) is 0 Å². The summed E-state index contributed by atoms with van der Waals surface area (Å²) in [6, 6.07) is 7.11. The molecule has 88 valence electrons. The molecule has 0 spiro atoms. The Morgan fingerprint density at radius 2 is 2.06 bits per heavy atom. The minimum Gasteiger partial charge on any atom is -0.494 e. The molecule has 0 radical (unpaired) electrons. The molecular formula is C12H15ClO3. The molecule has 3 nitrogen and oxygen atoms in total. The lowest BCUT2D eigenvalue weighted by Crippen LogP contribution is -2.10. The first kappa shape index (κ1) is 12.8. The molecule has 0 aliphatic rings. The summed E-state index contributed by atoms with van der Waals surface area (Å²) in [7, 11) is 0. The number of carbonyl (C=O) groups is 1. The molecule has 1 aromatic carbocycles. The van der Waals surface area contributed by atoms with E-state index in [1.54, 1.807) is 31.2 Å². The summed E-state index contributed by atoms with van der Waals surface area (Å²) in [6.07, 6.45) is 1.36. The Hall–Kier alpha value is -1.22. The van der Waals surface area contributed by atoms with Gasteiger partial charge in [-0.2, -0.15) is 0 Å². The molecule has 0 saturated carbocycles. The minimum atomic E-state index is -0.758. The van der Waals surface area contributed by atoms with E-state index in [1.165, 1.54) is 0 Å². The van der Waals surface area contributed by atoms with Gasteiger partial charge in [-0.25, -0.2) is 0 Å². The number of hydrogen-bond acceptors (Lipinski definition) is 2. The molecule has 0 amide bonds. The molecule has 1 unspecified atom stereocenters. The van der Waals surface area contributed by atoms with Crippen molar-refractivity contribution in [3.63, 3.8) is 0 Å². The Bertz CT molecular complexity index is 335. The van der Waals surface area contributed by atoms with Gasteiger partial charge in [-0.05, 0) is 37.1 Å². The number of ether oxygens (including phenoxy) is 1. The highest BCUT2D eigenvalue weighted by Gasteiger charge is 2.09. The summed E-state index contributed by atoms with van der Waals surface area (Å²) in [5, 5.41) is 9.35. The smallest absolute Gasteiger partial charge is 0.306 e. The molecule has 0 saturated heterocycles. The molecular weight excluding hydrogens is 228 g/mol. The zero-order chi connectivity index (χ0) is 12.0. The quantitative estimate of drug-likeness (QED) is 0.779. The second-order valence-electron chi connectivity index (χ2n) is 3.68. The lowest BCUT2D eigenvalue weighted by molar-refractivity contribution is -0.141. The van der Waals surface area contributed by atoms with E-state index >= 15 is 0 Å². The molecule has 0 fully saturated rings. The maximum Gasteiger partial charge on any atom is 0.306 e. The van der Waals surface area contributed by atoms with Gasteiger partial charge in [0.1, 0.15) is 5.75 Å². The van der Waals surface area contributed by atoms with Gasteiger partial charge in [-0.15, -0.1) is 0 Å². The molecule has 16 heavy (non-hydrogen) atoms. The third-order valence-corrected chi connectivity index (χ3v) is 2.54. The Kier molecular flexibility index (Phi) is 5.12. The van der Waals surface area contributed by atoms with Crippen LogP contribution in [0.1, 0.15) is 19.8 Å². The first-order chi connectivity index (χ1) is 7.59. The lowest BCUT2D eigenvalue weighted by atomic mass is 10.1. The van der Waals surface area contributed by atoms with Crippen molar-refractivity contribution in [3.05, 3.63) is 29.3 Å². The number of carboxylic acids is 1. The normalized spacial score (nSPS) is 12.1. The summed E-state index contributed by atoms with van der Waals surface area (Å²) < 4.78 is 5.44. The second-order valence-corrected chi connectivity index (χ2v) is 4.12. The van der Waals surface area contributed by atoms with E-state index in [2.05, 4.69) is 0 Å². The topological polar surface area (TPSA) is 46.5 Å². The van der Waals surface area contributed by atoms with E-state index in [0.29, 0.717) is 18.1 Å². The fraction of sp³-hybridized carbons (Fsp3) is 0.417. The van der Waals surface area contributed by atoms with Crippen LogP contribution in [0.4, 0.5) is 0 Å². The molecule has 0 heterocycles. The minimum absolute atomic E-state index is 0.311. The van der Waals surface area contributed by atoms with Crippen LogP contribution in [0.3, 0.4) is 0 Å². The number of benzene rings is 1. The highest BCUT2D eigenvalue weighted by molar-refractivity contribution is 6.30. The van der Waals surface area contributed by atoms with Crippen LogP contribution in [-0.2, 0) is 4.79 Å². The number of halogens is 1. The largest absolute Gasteiger partial charge is 0.494 e. The van der Waals surface area contributed by atoms with E-state index < -0.39 is 5.97 Å². The average molecular weight is 243 g/mol. The van der Waals surface area contributed by atoms with Gasteiger partial charge in [0.15, 0.2) is 0 Å². The molecule has 0 bridgehead atoms. The van der Waals surface area contributed by atoms with Gasteiger partial charge >= 0.3 is 5.97 Å². The van der Waals surface area contributed by atoms with E-state index in [0.717, 1.165) is 12.2 Å². The van der Waals surface area contributed by atoms with Crippen LogP contribution in [0, 0.1) is 5.92 Å². The number of carboxylic acid groups (broad SMARTS) is 1. The van der Waals surface area contributed by atoms with Crippen molar-refractivity contribution in [2.24, 2.45) is 5.92 Å². The van der Waals surface area contributed by atoms with Gasteiger partial charge in [0.25, 0.3) is 0 Å². The van der Waals surface area contributed by atoms with Gasteiger partial charge in [-0.1, -0.05) is 18.5 Å². The monoisotopic (exact) mass is 242 g/mol. The molecule has 1 rings (SSSR count). The van der Waals surface area contributed by atoms with Crippen molar-refractivity contribution >= 4 is 17.6 Å². The van der Waals surface area contributed by atoms with E-state index in [-0.39, 0.29) is 5.92 Å². The van der Waals surface area contributed by atoms with Gasteiger partial charge < -0.3 is 9.84 Å². The predicted molar refractivity (Wildman–Crippen MR) is 63.0 cm³/mol. The summed E-state index contributed by atoms with van der Waals surface area (Å²) in [6.45, 7) is 2.23. The molecule has 0 aliphatic heterocycles. The van der Waals surface area contributed by atoms with Crippen molar-refractivity contribution in [3.8, 4) is 5.75 Å². The molecule has 0 aromatic heterocycles. The van der Waals surface area contributed by atoms with Crippen LogP contribution in [0.15, 0.2) is 24.3 Å². The fourth-order valence-corrected chi connectivity index (χ4v) is 1.36. The summed E-state index contributed by atoms with van der Waals surface area (Å²) in [4.78, 5) is 10.5. The van der Waals surface area contributed by atoms with Gasteiger partial charge in [0, 0.05) is 5.02 Å². The van der Waals surface area contributed by atoms with E-state index in [1.807, 2.05) is 0 Å². The highest BCUT2D eigenvalue weighted by Crippen LogP contribution is 2.16. The van der Waals surface area contributed by atoms with Crippen LogP contribution in [0.5, 0.6) is 5.75 Å². The van der Waals surface area contributed by atoms with Crippen LogP contribution in [-0.4, -0.2) is 17.7 Å². The molecule has 0 aliphatic carbocycles. The van der Waals surface area contributed by atoms with Gasteiger partial charge in [0.2, 0.25) is 0 Å². The van der Waals surface area contributed by atoms with Crippen LogP contribution >= 0.6 is 11.6 Å². The first-order valence-corrected chi connectivity index (χ1v) is 5.58. The SMILES string of the molecule is CC(CCCOc1ccc(Cl)cc1)C(=O)O. The summed E-state index contributed by atoms with van der Waals surface area (Å²) in [5.41, 5.74) is 0. The zero-order valence-corrected chi connectivity index (χ0v) is 9.91. The van der Waals surface area contributed by atoms with Gasteiger partial charge in [-0.3, -0.25) is 4.79 Å². The Morgan fingerprint density at radius 3 is 2.62 bits per heavy atom. The standard InChI is InChI=1S/C12H15ClO3/c1-9(12(14)15)3-2-8-16-11-6-4-10(13)5-7-11/h4-7,9H,2-3,8H2,1H3,(H,14,15). The number of aliphatic carboxylic acids is 1. The lowest BCUT2D eigenvalue weighted by Gasteiger charge is -2.08. The van der Waals surface area contributed by atoms with Crippen LogP contribution < -0.4 is 4.74 Å². The van der Waals surface area contributed by atoms with Crippen molar-refractivity contribution in [2.75, 3.05) is 6.61 Å². The van der Waals surface area contributed by atoms with E-state index in [4.69, 9.17) is 21.4 Å². The number of hydrogen-bond donors (Lipinski definition) is 1. The fourth-order valence-electron chi connectivity index (χ4n) is 1.23. The predicted octanol–water partition coefficient (Wildman–Crippen LogP) is 3.22. The van der Waals surface area contributed by atoms with Crippen LogP contribution in [0.2, 0.25) is 5.02 Å². The number of rotatable bonds is 6. The van der Waals surface area contributed by atoms with Crippen molar-refractivity contribution in [1.29, 1.82) is 0 Å². The molecule has 4 heteroatoms. The zero-order valence-electron chi connectivity index (χ0n) is 9.15. The van der Waals surface area contributed by atoms with Crippen molar-refractivity contribution in [2.45, 2.75) is 19.8 Å². The molecule has 1 N–H and O–H groups in total. The average Bonchev–Trinajstić information content (AvgIpc) is 2.26. The van der Waals surface area contributed by atoms with Crippen LogP contribution in [0.25, 0.3) is 0 Å². The van der Waals surface area contributed by atoms with Gasteiger partial charge in [0.05, 0.1) is 12.5 Å². The Morgan fingerprint density at radius 1 is 1.44 bits per heavy atom.